The first-order chi connectivity index (χ1) is 12.5. The normalized spacial score (nSPS) is 13.6. The van der Waals surface area contributed by atoms with Gasteiger partial charge in [-0.05, 0) is 52.8 Å². The number of hydrogen-bond donors (Lipinski definition) is 1. The molecule has 1 aromatic rings. The largest absolute Gasteiger partial charge is 0.488 e. The van der Waals surface area contributed by atoms with E-state index in [2.05, 4.69) is 0 Å². The smallest absolute Gasteiger partial charge is 0.412 e. The molecule has 1 amide bonds. The number of rotatable bonds is 9. The number of nitrogens with zero attached hydrogens (tertiary/aromatic N) is 1. The molecule has 27 heavy (non-hydrogen) atoms. The van der Waals surface area contributed by atoms with E-state index in [0.29, 0.717) is 6.29 Å². The van der Waals surface area contributed by atoms with Crippen LogP contribution in [0, 0.1) is 5.82 Å². The Labute approximate surface area is 159 Å². The van der Waals surface area contributed by atoms with E-state index < -0.39 is 23.6 Å². The van der Waals surface area contributed by atoms with Crippen molar-refractivity contribution in [3.8, 4) is 5.75 Å². The van der Waals surface area contributed by atoms with Crippen molar-refractivity contribution in [2.45, 2.75) is 52.4 Å². The summed E-state index contributed by atoms with van der Waals surface area (Å²) < 4.78 is 29.8. The van der Waals surface area contributed by atoms with Crippen molar-refractivity contribution in [1.82, 2.24) is 4.90 Å². The Hall–Kier alpha value is -2.19. The number of ether oxygens (including phenoxy) is 3. The molecule has 0 aliphatic heterocycles. The van der Waals surface area contributed by atoms with E-state index in [1.807, 2.05) is 0 Å². The van der Waals surface area contributed by atoms with Crippen LogP contribution < -0.4 is 10.5 Å². The van der Waals surface area contributed by atoms with Gasteiger partial charge in [-0.3, -0.25) is 9.69 Å². The molecule has 0 aliphatic rings. The average Bonchev–Trinajstić information content (AvgIpc) is 2.53. The number of amides is 1. The molecule has 0 aliphatic carbocycles. The number of nitrogens with two attached hydrogens (primary N) is 1. The SMILES string of the molecule is C[C@H](N)COCN(C[C@@H](C)Oc1ccc(F)cc1C=O)C(=O)OC(C)(C)C. The summed E-state index contributed by atoms with van der Waals surface area (Å²) in [5, 5.41) is 0. The van der Waals surface area contributed by atoms with Crippen LogP contribution in [0.5, 0.6) is 5.75 Å². The van der Waals surface area contributed by atoms with Crippen molar-refractivity contribution in [2.24, 2.45) is 5.73 Å². The summed E-state index contributed by atoms with van der Waals surface area (Å²) >= 11 is 0. The van der Waals surface area contributed by atoms with Crippen LogP contribution in [0.2, 0.25) is 0 Å². The molecule has 8 heteroatoms. The Morgan fingerprint density at radius 2 is 2.00 bits per heavy atom. The first kappa shape index (κ1) is 22.9. The molecule has 2 N–H and O–H groups in total. The lowest BCUT2D eigenvalue weighted by Crippen LogP contribution is -2.43. The third-order valence-electron chi connectivity index (χ3n) is 3.18. The Balaban J connectivity index is 2.80. The Morgan fingerprint density at radius 1 is 1.33 bits per heavy atom. The second kappa shape index (κ2) is 10.2. The standard InChI is InChI=1S/C19H29FN2O5/c1-13(21)11-25-12-22(18(24)27-19(3,4)5)9-14(2)26-17-7-6-16(20)8-15(17)10-23/h6-8,10,13-14H,9,11-12,21H2,1-5H3/t13-,14+/m0/s1. The molecule has 0 unspecified atom stereocenters. The zero-order valence-corrected chi connectivity index (χ0v) is 16.5. The maximum Gasteiger partial charge on any atom is 0.412 e. The lowest BCUT2D eigenvalue weighted by molar-refractivity contribution is -0.0243. The summed E-state index contributed by atoms with van der Waals surface area (Å²) in [6, 6.07) is 3.49. The van der Waals surface area contributed by atoms with Gasteiger partial charge in [-0.1, -0.05) is 0 Å². The second-order valence-electron chi connectivity index (χ2n) is 7.41. The van der Waals surface area contributed by atoms with Crippen LogP contribution >= 0.6 is 0 Å². The van der Waals surface area contributed by atoms with Crippen molar-refractivity contribution in [3.63, 3.8) is 0 Å². The number of aldehydes is 1. The molecular formula is C19H29FN2O5. The van der Waals surface area contributed by atoms with Crippen LogP contribution in [-0.2, 0) is 9.47 Å². The van der Waals surface area contributed by atoms with Gasteiger partial charge in [-0.25, -0.2) is 9.18 Å². The fourth-order valence-electron chi connectivity index (χ4n) is 2.14. The molecule has 2 atom stereocenters. The minimum absolute atomic E-state index is 0.0197. The van der Waals surface area contributed by atoms with Gasteiger partial charge in [0.05, 0.1) is 18.7 Å². The third-order valence-corrected chi connectivity index (χ3v) is 3.18. The molecule has 0 spiro atoms. The minimum atomic E-state index is -0.664. The Morgan fingerprint density at radius 3 is 2.56 bits per heavy atom. The van der Waals surface area contributed by atoms with Crippen molar-refractivity contribution >= 4 is 12.4 Å². The molecule has 7 nitrogen and oxygen atoms in total. The first-order valence-corrected chi connectivity index (χ1v) is 8.74. The third kappa shape index (κ3) is 8.83. The molecule has 152 valence electrons. The molecule has 0 radical (unpaired) electrons. The zero-order chi connectivity index (χ0) is 20.6. The lowest BCUT2D eigenvalue weighted by atomic mass is 10.2. The molecule has 1 aromatic carbocycles. The highest BCUT2D eigenvalue weighted by Gasteiger charge is 2.24. The van der Waals surface area contributed by atoms with E-state index in [0.717, 1.165) is 6.07 Å². The molecule has 0 heterocycles. The van der Waals surface area contributed by atoms with Crippen LogP contribution in [0.25, 0.3) is 0 Å². The number of halogens is 1. The molecule has 0 fully saturated rings. The summed E-state index contributed by atoms with van der Waals surface area (Å²) in [6.07, 6.45) is -0.541. The maximum absolute atomic E-state index is 13.2. The van der Waals surface area contributed by atoms with Crippen molar-refractivity contribution in [3.05, 3.63) is 29.6 Å². The van der Waals surface area contributed by atoms with E-state index in [-0.39, 0.29) is 37.2 Å². The van der Waals surface area contributed by atoms with Crippen molar-refractivity contribution < 1.29 is 28.2 Å². The highest BCUT2D eigenvalue weighted by Crippen LogP contribution is 2.20. The average molecular weight is 384 g/mol. The summed E-state index contributed by atoms with van der Waals surface area (Å²) in [6.45, 7) is 9.21. The highest BCUT2D eigenvalue weighted by molar-refractivity contribution is 5.79. The minimum Gasteiger partial charge on any atom is -0.488 e. The molecular weight excluding hydrogens is 355 g/mol. The monoisotopic (exact) mass is 384 g/mol. The van der Waals surface area contributed by atoms with Gasteiger partial charge in [-0.15, -0.1) is 0 Å². The van der Waals surface area contributed by atoms with E-state index in [9.17, 15) is 14.0 Å². The Kier molecular flexibility index (Phi) is 8.65. The summed E-state index contributed by atoms with van der Waals surface area (Å²) in [4.78, 5) is 24.9. The van der Waals surface area contributed by atoms with Gasteiger partial charge in [-0.2, -0.15) is 0 Å². The van der Waals surface area contributed by atoms with E-state index >= 15 is 0 Å². The van der Waals surface area contributed by atoms with Crippen LogP contribution in [0.15, 0.2) is 18.2 Å². The van der Waals surface area contributed by atoms with Gasteiger partial charge < -0.3 is 19.9 Å². The van der Waals surface area contributed by atoms with Gasteiger partial charge >= 0.3 is 6.09 Å². The maximum atomic E-state index is 13.2. The summed E-state index contributed by atoms with van der Waals surface area (Å²) in [7, 11) is 0. The quantitative estimate of drug-likeness (QED) is 0.520. The lowest BCUT2D eigenvalue weighted by Gasteiger charge is -2.29. The topological polar surface area (TPSA) is 91.1 Å². The first-order valence-electron chi connectivity index (χ1n) is 8.74. The van der Waals surface area contributed by atoms with Gasteiger partial charge in [0.25, 0.3) is 0 Å². The van der Waals surface area contributed by atoms with Crippen molar-refractivity contribution in [1.29, 1.82) is 0 Å². The van der Waals surface area contributed by atoms with Gasteiger partial charge in [0.2, 0.25) is 0 Å². The predicted octanol–water partition coefficient (Wildman–Crippen LogP) is 2.96. The summed E-state index contributed by atoms with van der Waals surface area (Å²) in [5.74, 6) is -0.295. The molecule has 0 aromatic heterocycles. The summed E-state index contributed by atoms with van der Waals surface area (Å²) in [5.41, 5.74) is 5.09. The molecule has 1 rings (SSSR count). The van der Waals surface area contributed by atoms with Crippen LogP contribution in [-0.4, -0.2) is 54.9 Å². The number of benzene rings is 1. The Bertz CT molecular complexity index is 631. The fourth-order valence-corrected chi connectivity index (χ4v) is 2.14. The van der Waals surface area contributed by atoms with E-state index in [1.165, 1.54) is 17.0 Å². The number of carbonyl (C=O) groups excluding carboxylic acids is 2. The van der Waals surface area contributed by atoms with E-state index in [1.54, 1.807) is 34.6 Å². The molecule has 0 saturated carbocycles. The molecule has 0 saturated heterocycles. The van der Waals surface area contributed by atoms with Crippen molar-refractivity contribution in [2.75, 3.05) is 19.9 Å². The number of hydrogen-bond acceptors (Lipinski definition) is 6. The fraction of sp³-hybridized carbons (Fsp3) is 0.579. The van der Waals surface area contributed by atoms with Crippen LogP contribution in [0.4, 0.5) is 9.18 Å². The zero-order valence-electron chi connectivity index (χ0n) is 16.5. The van der Waals surface area contributed by atoms with Gasteiger partial charge in [0.1, 0.15) is 30.0 Å². The second-order valence-corrected chi connectivity index (χ2v) is 7.41. The number of carbonyl (C=O) groups is 2. The van der Waals surface area contributed by atoms with Gasteiger partial charge in [0.15, 0.2) is 6.29 Å². The molecule has 0 bridgehead atoms. The van der Waals surface area contributed by atoms with Crippen LogP contribution in [0.3, 0.4) is 0 Å². The highest BCUT2D eigenvalue weighted by atomic mass is 19.1. The predicted molar refractivity (Wildman–Crippen MR) is 99.3 cm³/mol. The van der Waals surface area contributed by atoms with Crippen LogP contribution in [0.1, 0.15) is 45.0 Å². The van der Waals surface area contributed by atoms with E-state index in [4.69, 9.17) is 19.9 Å². The van der Waals surface area contributed by atoms with Gasteiger partial charge in [0, 0.05) is 6.04 Å².